The van der Waals surface area contributed by atoms with Crippen LogP contribution in [0, 0.1) is 0 Å². The van der Waals surface area contributed by atoms with Crippen molar-refractivity contribution in [2.24, 2.45) is 0 Å². The summed E-state index contributed by atoms with van der Waals surface area (Å²) in [4.78, 5) is 11.1. The van der Waals surface area contributed by atoms with Crippen molar-refractivity contribution in [1.29, 1.82) is 0 Å². The number of hydrogen-bond acceptors (Lipinski definition) is 3. The molecule has 0 saturated carbocycles. The summed E-state index contributed by atoms with van der Waals surface area (Å²) < 4.78 is 7.24. The molecule has 0 aliphatic carbocycles. The van der Waals surface area contributed by atoms with Crippen LogP contribution in [0.2, 0.25) is 0 Å². The Balaban J connectivity index is 1.13. The van der Waals surface area contributed by atoms with E-state index in [0.29, 0.717) is 5.82 Å². The highest BCUT2D eigenvalue weighted by Crippen LogP contribution is 2.45. The fourth-order valence-electron chi connectivity index (χ4n) is 9.60. The minimum Gasteiger partial charge on any atom is -0.309 e. The molecular weight excluding hydrogens is 737 g/mol. The van der Waals surface area contributed by atoms with Gasteiger partial charge < -0.3 is 9.13 Å². The van der Waals surface area contributed by atoms with Crippen LogP contribution in [0.15, 0.2) is 194 Å². The maximum Gasteiger partial charge on any atom is 0.161 e. The number of thiophene rings is 1. The van der Waals surface area contributed by atoms with E-state index < -0.39 is 0 Å². The van der Waals surface area contributed by atoms with Crippen LogP contribution in [0.5, 0.6) is 0 Å². The summed E-state index contributed by atoms with van der Waals surface area (Å²) in [6, 6.07) is 70.0. The summed E-state index contributed by atoms with van der Waals surface area (Å²) in [7, 11) is 0. The van der Waals surface area contributed by atoms with Gasteiger partial charge in [-0.1, -0.05) is 133 Å². The molecule has 13 rings (SSSR count). The molecule has 4 aromatic heterocycles. The molecule has 274 valence electrons. The van der Waals surface area contributed by atoms with Gasteiger partial charge in [0.2, 0.25) is 0 Å². The zero-order chi connectivity index (χ0) is 38.6. The Morgan fingerprint density at radius 2 is 1.00 bits per heavy atom. The minimum atomic E-state index is 0.715. The molecule has 9 aromatic carbocycles. The second-order valence-corrected chi connectivity index (χ2v) is 16.4. The van der Waals surface area contributed by atoms with E-state index in [-0.39, 0.29) is 0 Å². The molecule has 0 N–H and O–H groups in total. The van der Waals surface area contributed by atoms with Crippen molar-refractivity contribution < 1.29 is 0 Å². The van der Waals surface area contributed by atoms with Crippen LogP contribution in [0.4, 0.5) is 0 Å². The Bertz CT molecular complexity index is 3850. The fraction of sp³-hybridized carbons (Fsp3) is 0. The topological polar surface area (TPSA) is 35.6 Å². The van der Waals surface area contributed by atoms with Crippen LogP contribution in [-0.2, 0) is 0 Å². The Morgan fingerprint density at radius 1 is 0.373 bits per heavy atom. The third-order valence-corrected chi connectivity index (χ3v) is 13.3. The van der Waals surface area contributed by atoms with Gasteiger partial charge in [0.1, 0.15) is 0 Å². The molecule has 0 aliphatic rings. The predicted octanol–water partition coefficient (Wildman–Crippen LogP) is 14.7. The lowest BCUT2D eigenvalue weighted by Gasteiger charge is -2.14. The van der Waals surface area contributed by atoms with Crippen LogP contribution in [0.25, 0.3) is 119 Å². The lowest BCUT2D eigenvalue weighted by Crippen LogP contribution is -1.99. The van der Waals surface area contributed by atoms with Gasteiger partial charge in [-0.2, -0.15) is 0 Å². The number of benzene rings is 9. The van der Waals surface area contributed by atoms with E-state index in [9.17, 15) is 0 Å². The minimum absolute atomic E-state index is 0.715. The fourth-order valence-corrected chi connectivity index (χ4v) is 10.8. The first-order valence-corrected chi connectivity index (χ1v) is 20.8. The Labute approximate surface area is 342 Å². The first-order valence-electron chi connectivity index (χ1n) is 20.0. The molecule has 0 aliphatic heterocycles. The third-order valence-electron chi connectivity index (χ3n) is 12.1. The summed E-state index contributed by atoms with van der Waals surface area (Å²) in [5.74, 6) is 0.715. The molecular formula is C54H32N4S. The van der Waals surface area contributed by atoms with Crippen LogP contribution < -0.4 is 0 Å². The van der Waals surface area contributed by atoms with E-state index >= 15 is 0 Å². The summed E-state index contributed by atoms with van der Waals surface area (Å²) >= 11 is 1.82. The van der Waals surface area contributed by atoms with Crippen LogP contribution in [0.1, 0.15) is 0 Å². The van der Waals surface area contributed by atoms with Crippen LogP contribution >= 0.6 is 11.3 Å². The number of nitrogens with zero attached hydrogens (tertiary/aromatic N) is 4. The van der Waals surface area contributed by atoms with E-state index in [0.717, 1.165) is 44.6 Å². The van der Waals surface area contributed by atoms with Crippen molar-refractivity contribution in [1.82, 2.24) is 19.1 Å². The largest absolute Gasteiger partial charge is 0.309 e. The van der Waals surface area contributed by atoms with Crippen molar-refractivity contribution in [2.75, 3.05) is 0 Å². The van der Waals surface area contributed by atoms with Gasteiger partial charge in [0.25, 0.3) is 0 Å². The SMILES string of the molecule is c1ccc(-n2c3ccccc3c3c(-c4nc(-c5cc(-n6c7ccccc7c7c8ccccc8ccc76)cc6c5sc5ccccc56)nc5ccccc45)cccc32)cc1. The summed E-state index contributed by atoms with van der Waals surface area (Å²) in [6.07, 6.45) is 0. The zero-order valence-corrected chi connectivity index (χ0v) is 32.5. The van der Waals surface area contributed by atoms with Gasteiger partial charge in [0.15, 0.2) is 5.82 Å². The molecule has 4 nitrogen and oxygen atoms in total. The normalized spacial score (nSPS) is 12.1. The summed E-state index contributed by atoms with van der Waals surface area (Å²) in [6.45, 7) is 0. The first-order chi connectivity index (χ1) is 29.3. The number of rotatable bonds is 4. The molecule has 0 radical (unpaired) electrons. The van der Waals surface area contributed by atoms with Gasteiger partial charge in [-0.15, -0.1) is 11.3 Å². The first kappa shape index (κ1) is 32.5. The van der Waals surface area contributed by atoms with Crippen molar-refractivity contribution in [3.05, 3.63) is 194 Å². The van der Waals surface area contributed by atoms with E-state index in [2.05, 4.69) is 203 Å². The van der Waals surface area contributed by atoms with Crippen molar-refractivity contribution in [3.63, 3.8) is 0 Å². The molecule has 0 amide bonds. The third kappa shape index (κ3) is 4.71. The highest BCUT2D eigenvalue weighted by atomic mass is 32.1. The number of aromatic nitrogens is 4. The number of para-hydroxylation sites is 4. The Kier molecular flexibility index (Phi) is 6.85. The van der Waals surface area contributed by atoms with E-state index in [1.807, 2.05) is 11.3 Å². The van der Waals surface area contributed by atoms with Crippen molar-refractivity contribution in [2.45, 2.75) is 0 Å². The Morgan fingerprint density at radius 3 is 1.83 bits per heavy atom. The quantitative estimate of drug-likeness (QED) is 0.179. The van der Waals surface area contributed by atoms with Crippen molar-refractivity contribution >= 4 is 96.8 Å². The standard InChI is InChI=1S/C54H32N4S/c1-2-16-34(17-3-1)57-45-25-11-8-22-40(45)51-41(23-14-27-47(51)57)52-38-20-6-10-24-44(38)55-54(56-52)43-32-35(31-42-37-19-9-13-28-49(37)59-53(42)43)58-46-26-12-7-21-39(46)50-36-18-5-4-15-33(36)29-30-48(50)58/h1-32H. The van der Waals surface area contributed by atoms with Crippen LogP contribution in [0.3, 0.4) is 0 Å². The van der Waals surface area contributed by atoms with Gasteiger partial charge in [0, 0.05) is 69.6 Å². The average Bonchev–Trinajstić information content (AvgIpc) is 3.97. The van der Waals surface area contributed by atoms with E-state index in [4.69, 9.17) is 9.97 Å². The molecule has 0 spiro atoms. The highest BCUT2D eigenvalue weighted by molar-refractivity contribution is 7.26. The van der Waals surface area contributed by atoms with Crippen LogP contribution in [-0.4, -0.2) is 19.1 Å². The van der Waals surface area contributed by atoms with Crippen molar-refractivity contribution in [3.8, 4) is 34.0 Å². The molecule has 4 heterocycles. The lowest BCUT2D eigenvalue weighted by molar-refractivity contribution is 1.18. The lowest BCUT2D eigenvalue weighted by atomic mass is 10.00. The van der Waals surface area contributed by atoms with Gasteiger partial charge >= 0.3 is 0 Å². The Hall–Kier alpha value is -7.60. The zero-order valence-electron chi connectivity index (χ0n) is 31.7. The van der Waals surface area contributed by atoms with Gasteiger partial charge in [-0.25, -0.2) is 9.97 Å². The number of hydrogen-bond donors (Lipinski definition) is 0. The second-order valence-electron chi connectivity index (χ2n) is 15.3. The average molecular weight is 769 g/mol. The smallest absolute Gasteiger partial charge is 0.161 e. The molecule has 0 fully saturated rings. The summed E-state index contributed by atoms with van der Waals surface area (Å²) in [5, 5.41) is 10.8. The maximum absolute atomic E-state index is 5.67. The van der Waals surface area contributed by atoms with Gasteiger partial charge in [-0.05, 0) is 71.4 Å². The molecule has 0 bridgehead atoms. The van der Waals surface area contributed by atoms with Gasteiger partial charge in [-0.3, -0.25) is 0 Å². The summed E-state index contributed by atoms with van der Waals surface area (Å²) in [5.41, 5.74) is 10.8. The molecule has 13 aromatic rings. The van der Waals surface area contributed by atoms with E-state index in [1.54, 1.807) is 0 Å². The monoisotopic (exact) mass is 768 g/mol. The second kappa shape index (κ2) is 12.4. The van der Waals surface area contributed by atoms with E-state index in [1.165, 1.54) is 69.0 Å². The highest BCUT2D eigenvalue weighted by Gasteiger charge is 2.23. The maximum atomic E-state index is 5.67. The molecule has 0 atom stereocenters. The molecule has 59 heavy (non-hydrogen) atoms. The van der Waals surface area contributed by atoms with Gasteiger partial charge in [0.05, 0.1) is 33.3 Å². The molecule has 0 saturated heterocycles. The number of fused-ring (bicyclic) bond motifs is 12. The predicted molar refractivity (Wildman–Crippen MR) is 249 cm³/mol. The molecule has 0 unspecified atom stereocenters. The molecule has 5 heteroatoms.